The fourth-order valence-corrected chi connectivity index (χ4v) is 4.40. The first kappa shape index (κ1) is 19.0. The van der Waals surface area contributed by atoms with Crippen LogP contribution in [0.15, 0.2) is 47.3 Å². The average Bonchev–Trinajstić information content (AvgIpc) is 3.05. The number of nitrogens with one attached hydrogen (secondary N) is 2. The molecule has 3 aromatic rings. The number of Topliss-reactive ketones (excluding diaryl/α,β-unsaturated/α-hetero) is 1. The van der Waals surface area contributed by atoms with E-state index in [1.54, 1.807) is 12.1 Å². The van der Waals surface area contributed by atoms with E-state index in [0.717, 1.165) is 26.1 Å². The minimum Gasteiger partial charge on any atom is -0.306 e. The van der Waals surface area contributed by atoms with Gasteiger partial charge in [0.1, 0.15) is 0 Å². The van der Waals surface area contributed by atoms with Gasteiger partial charge in [0.2, 0.25) is 0 Å². The number of imidazole rings is 1. The summed E-state index contributed by atoms with van der Waals surface area (Å²) in [7, 11) is 0. The lowest BCUT2D eigenvalue weighted by molar-refractivity contribution is 0.0946. The molecule has 0 aliphatic carbocycles. The summed E-state index contributed by atoms with van der Waals surface area (Å²) in [6.45, 7) is 2.80. The molecule has 1 atom stereocenters. The maximum Gasteiger partial charge on any atom is 0.323 e. The Morgan fingerprint density at radius 3 is 2.68 bits per heavy atom. The summed E-state index contributed by atoms with van der Waals surface area (Å²) >= 11 is 6.27. The van der Waals surface area contributed by atoms with Crippen LogP contribution in [0.4, 0.5) is 0 Å². The number of likely N-dealkylation sites (tertiary alicyclic amines) is 1. The summed E-state index contributed by atoms with van der Waals surface area (Å²) in [4.78, 5) is 31.9. The number of piperidine rings is 1. The van der Waals surface area contributed by atoms with Crippen LogP contribution in [0, 0.1) is 5.92 Å². The van der Waals surface area contributed by atoms with Crippen molar-refractivity contribution in [3.8, 4) is 0 Å². The van der Waals surface area contributed by atoms with Crippen LogP contribution in [0.25, 0.3) is 11.0 Å². The predicted octanol–water partition coefficient (Wildman–Crippen LogP) is 4.04. The van der Waals surface area contributed by atoms with Crippen LogP contribution in [0.1, 0.15) is 35.2 Å². The largest absolute Gasteiger partial charge is 0.323 e. The van der Waals surface area contributed by atoms with Gasteiger partial charge in [-0.05, 0) is 49.4 Å². The minimum absolute atomic E-state index is 0.0131. The maximum atomic E-state index is 12.7. The Balaban J connectivity index is 1.36. The Morgan fingerprint density at radius 2 is 1.89 bits per heavy atom. The molecule has 0 radical (unpaired) electrons. The summed E-state index contributed by atoms with van der Waals surface area (Å²) in [5, 5.41) is 0.383. The van der Waals surface area contributed by atoms with Crippen molar-refractivity contribution in [2.45, 2.75) is 25.7 Å². The SMILES string of the molecule is O=C(CCN1CCC[C@@H](Cc2ccccc2)C1)c1cc2[nH]c(=O)[nH]c2cc1Cl. The van der Waals surface area contributed by atoms with Gasteiger partial charge >= 0.3 is 5.69 Å². The van der Waals surface area contributed by atoms with Crippen LogP contribution >= 0.6 is 11.6 Å². The van der Waals surface area contributed by atoms with Gasteiger partial charge in [0.15, 0.2) is 5.78 Å². The van der Waals surface area contributed by atoms with Crippen LogP contribution in [0.2, 0.25) is 5.02 Å². The molecule has 2 heterocycles. The van der Waals surface area contributed by atoms with Gasteiger partial charge in [-0.3, -0.25) is 4.79 Å². The van der Waals surface area contributed by atoms with Crippen molar-refractivity contribution in [1.29, 1.82) is 0 Å². The normalized spacial score (nSPS) is 17.8. The fourth-order valence-electron chi connectivity index (χ4n) is 4.13. The van der Waals surface area contributed by atoms with Crippen molar-refractivity contribution in [2.75, 3.05) is 19.6 Å². The van der Waals surface area contributed by atoms with Gasteiger partial charge in [0.25, 0.3) is 0 Å². The first-order valence-corrected chi connectivity index (χ1v) is 10.2. The van der Waals surface area contributed by atoms with E-state index >= 15 is 0 Å². The van der Waals surface area contributed by atoms with Crippen LogP contribution in [-0.4, -0.2) is 40.3 Å². The van der Waals surface area contributed by atoms with Gasteiger partial charge in [-0.1, -0.05) is 41.9 Å². The van der Waals surface area contributed by atoms with Gasteiger partial charge in [-0.15, -0.1) is 0 Å². The Hall–Kier alpha value is -2.37. The molecule has 6 heteroatoms. The van der Waals surface area contributed by atoms with Crippen LogP contribution in [0.3, 0.4) is 0 Å². The molecular formula is C22H24ClN3O2. The number of halogens is 1. The summed E-state index contributed by atoms with van der Waals surface area (Å²) in [6.07, 6.45) is 3.93. The number of aromatic nitrogens is 2. The minimum atomic E-state index is -0.298. The van der Waals surface area contributed by atoms with Crippen molar-refractivity contribution in [3.05, 3.63) is 69.1 Å². The van der Waals surface area contributed by atoms with E-state index in [0.29, 0.717) is 34.0 Å². The molecule has 0 spiro atoms. The molecule has 1 aliphatic rings. The number of aromatic amines is 2. The van der Waals surface area contributed by atoms with Crippen molar-refractivity contribution in [3.63, 3.8) is 0 Å². The Morgan fingerprint density at radius 1 is 1.14 bits per heavy atom. The molecule has 2 aromatic carbocycles. The number of fused-ring (bicyclic) bond motifs is 1. The fraction of sp³-hybridized carbons (Fsp3) is 0.364. The molecule has 0 amide bonds. The second kappa shape index (κ2) is 8.33. The van der Waals surface area contributed by atoms with Crippen LogP contribution in [-0.2, 0) is 6.42 Å². The molecule has 0 unspecified atom stereocenters. The third-order valence-corrected chi connectivity index (χ3v) is 5.84. The van der Waals surface area contributed by atoms with E-state index < -0.39 is 0 Å². The highest BCUT2D eigenvalue weighted by molar-refractivity contribution is 6.34. The molecule has 1 fully saturated rings. The summed E-state index contributed by atoms with van der Waals surface area (Å²) in [6, 6.07) is 13.9. The monoisotopic (exact) mass is 397 g/mol. The zero-order chi connectivity index (χ0) is 19.5. The maximum absolute atomic E-state index is 12.7. The number of H-pyrrole nitrogens is 2. The number of ketones is 1. The summed E-state index contributed by atoms with van der Waals surface area (Å²) in [5.74, 6) is 0.648. The van der Waals surface area contributed by atoms with E-state index in [1.807, 2.05) is 6.07 Å². The molecule has 5 nitrogen and oxygen atoms in total. The lowest BCUT2D eigenvalue weighted by Gasteiger charge is -2.32. The van der Waals surface area contributed by atoms with Gasteiger partial charge in [-0.2, -0.15) is 0 Å². The van der Waals surface area contributed by atoms with Crippen LogP contribution in [0.5, 0.6) is 0 Å². The first-order valence-electron chi connectivity index (χ1n) is 9.79. The molecular weight excluding hydrogens is 374 g/mol. The van der Waals surface area contributed by atoms with Gasteiger partial charge in [-0.25, -0.2) is 4.79 Å². The van der Waals surface area contributed by atoms with Crippen molar-refractivity contribution >= 4 is 28.4 Å². The lowest BCUT2D eigenvalue weighted by Crippen LogP contribution is -2.37. The Kier molecular flexibility index (Phi) is 5.64. The quantitative estimate of drug-likeness (QED) is 0.617. The molecule has 1 saturated heterocycles. The Bertz CT molecular complexity index is 1030. The van der Waals surface area contributed by atoms with E-state index in [1.165, 1.54) is 18.4 Å². The smallest absolute Gasteiger partial charge is 0.306 e. The number of carbonyl (C=O) groups is 1. The van der Waals surface area contributed by atoms with Crippen molar-refractivity contribution in [2.24, 2.45) is 5.92 Å². The van der Waals surface area contributed by atoms with Crippen molar-refractivity contribution in [1.82, 2.24) is 14.9 Å². The average molecular weight is 398 g/mol. The molecule has 4 rings (SSSR count). The lowest BCUT2D eigenvalue weighted by atomic mass is 9.91. The molecule has 146 valence electrons. The van der Waals surface area contributed by atoms with Gasteiger partial charge < -0.3 is 14.9 Å². The van der Waals surface area contributed by atoms with E-state index in [2.05, 4.69) is 39.1 Å². The third kappa shape index (κ3) is 4.37. The number of nitrogens with zero attached hydrogens (tertiary/aromatic N) is 1. The first-order chi connectivity index (χ1) is 13.6. The highest BCUT2D eigenvalue weighted by atomic mass is 35.5. The zero-order valence-electron chi connectivity index (χ0n) is 15.7. The number of hydrogen-bond donors (Lipinski definition) is 2. The topological polar surface area (TPSA) is 69.0 Å². The second-order valence-electron chi connectivity index (χ2n) is 7.63. The Labute approximate surface area is 168 Å². The number of rotatable bonds is 6. The number of benzene rings is 2. The number of carbonyl (C=O) groups excluding carboxylic acids is 1. The number of hydrogen-bond acceptors (Lipinski definition) is 3. The molecule has 0 saturated carbocycles. The van der Waals surface area contributed by atoms with Gasteiger partial charge in [0, 0.05) is 25.1 Å². The molecule has 28 heavy (non-hydrogen) atoms. The summed E-state index contributed by atoms with van der Waals surface area (Å²) in [5.41, 5.74) is 2.78. The van der Waals surface area contributed by atoms with E-state index in [4.69, 9.17) is 11.6 Å². The third-order valence-electron chi connectivity index (χ3n) is 5.53. The summed E-state index contributed by atoms with van der Waals surface area (Å²) < 4.78 is 0. The second-order valence-corrected chi connectivity index (χ2v) is 8.04. The zero-order valence-corrected chi connectivity index (χ0v) is 16.5. The molecule has 1 aliphatic heterocycles. The highest BCUT2D eigenvalue weighted by Crippen LogP contribution is 2.24. The highest BCUT2D eigenvalue weighted by Gasteiger charge is 2.21. The molecule has 0 bridgehead atoms. The van der Waals surface area contributed by atoms with Crippen LogP contribution < -0.4 is 5.69 Å². The predicted molar refractivity (Wildman–Crippen MR) is 112 cm³/mol. The van der Waals surface area contributed by atoms with Gasteiger partial charge in [0.05, 0.1) is 16.1 Å². The molecule has 1 aromatic heterocycles. The van der Waals surface area contributed by atoms with Crippen molar-refractivity contribution < 1.29 is 4.79 Å². The molecule has 2 N–H and O–H groups in total. The van der Waals surface area contributed by atoms with E-state index in [-0.39, 0.29) is 11.5 Å². The standard InChI is InChI=1S/C22H24ClN3O2/c23-18-13-20-19(24-22(28)25-20)12-17(18)21(27)8-10-26-9-4-7-16(14-26)11-15-5-2-1-3-6-15/h1-3,5-6,12-13,16H,4,7-11,14H2,(H2,24,25,28)/t16-/m0/s1. The van der Waals surface area contributed by atoms with E-state index in [9.17, 15) is 9.59 Å².